The van der Waals surface area contributed by atoms with Gasteiger partial charge in [-0.15, -0.1) is 0 Å². The number of amides is 1. The molecule has 2 aromatic rings. The van der Waals surface area contributed by atoms with Gasteiger partial charge in [0.15, 0.2) is 0 Å². The highest BCUT2D eigenvalue weighted by Crippen LogP contribution is 2.21. The molecule has 0 saturated heterocycles. The summed E-state index contributed by atoms with van der Waals surface area (Å²) in [6, 6.07) is 15.5. The first-order valence-electron chi connectivity index (χ1n) is 7.17. The molecule has 0 radical (unpaired) electrons. The first kappa shape index (κ1) is 15.2. The molecule has 2 rings (SSSR count). The molecule has 0 unspecified atom stereocenters. The first-order chi connectivity index (χ1) is 10.1. The predicted octanol–water partition coefficient (Wildman–Crippen LogP) is 4.34. The minimum atomic E-state index is -0.340. The van der Waals surface area contributed by atoms with Gasteiger partial charge in [-0.3, -0.25) is 4.79 Å². The van der Waals surface area contributed by atoms with Crippen molar-refractivity contribution in [3.05, 3.63) is 71.5 Å². The van der Waals surface area contributed by atoms with E-state index < -0.39 is 0 Å². The van der Waals surface area contributed by atoms with E-state index in [1.807, 2.05) is 30.3 Å². The molecular weight excluding hydrogens is 265 g/mol. The lowest BCUT2D eigenvalue weighted by Gasteiger charge is -2.21. The van der Waals surface area contributed by atoms with Crippen LogP contribution < -0.4 is 5.32 Å². The minimum Gasteiger partial charge on any atom is -0.345 e. The van der Waals surface area contributed by atoms with Gasteiger partial charge in [-0.2, -0.15) is 0 Å². The molecule has 1 amide bonds. The van der Waals surface area contributed by atoms with Gasteiger partial charge in [-0.1, -0.05) is 44.2 Å². The second-order valence-corrected chi connectivity index (χ2v) is 5.57. The average molecular weight is 285 g/mol. The Bertz CT molecular complexity index is 578. The van der Waals surface area contributed by atoms with Gasteiger partial charge in [0.2, 0.25) is 0 Å². The van der Waals surface area contributed by atoms with Crippen LogP contribution in [0.5, 0.6) is 0 Å². The Labute approximate surface area is 125 Å². The average Bonchev–Trinajstić information content (AvgIpc) is 2.47. The summed E-state index contributed by atoms with van der Waals surface area (Å²) in [6.45, 7) is 4.25. The molecule has 3 heteroatoms. The van der Waals surface area contributed by atoms with Crippen LogP contribution in [0.4, 0.5) is 4.39 Å². The normalized spacial score (nSPS) is 12.2. The fourth-order valence-corrected chi connectivity index (χ4v) is 2.28. The summed E-state index contributed by atoms with van der Waals surface area (Å²) >= 11 is 0. The van der Waals surface area contributed by atoms with Gasteiger partial charge in [-0.25, -0.2) is 4.39 Å². The van der Waals surface area contributed by atoms with Crippen LogP contribution >= 0.6 is 0 Å². The van der Waals surface area contributed by atoms with Gasteiger partial charge < -0.3 is 5.32 Å². The van der Waals surface area contributed by atoms with Crippen molar-refractivity contribution in [3.63, 3.8) is 0 Å². The Morgan fingerprint density at radius 3 is 2.24 bits per heavy atom. The smallest absolute Gasteiger partial charge is 0.251 e. The molecule has 2 aromatic carbocycles. The number of hydrogen-bond donors (Lipinski definition) is 1. The standard InChI is InChI=1S/C18H20FNO/c1-13(2)12-17(14-6-4-3-5-7-14)20-18(21)15-8-10-16(19)11-9-15/h3-11,13,17H,12H2,1-2H3,(H,20,21)/t17-/m0/s1. The summed E-state index contributed by atoms with van der Waals surface area (Å²) in [6.07, 6.45) is 0.858. The van der Waals surface area contributed by atoms with Gasteiger partial charge in [0.25, 0.3) is 5.91 Å². The first-order valence-corrected chi connectivity index (χ1v) is 7.17. The van der Waals surface area contributed by atoms with Crippen molar-refractivity contribution in [3.8, 4) is 0 Å². The van der Waals surface area contributed by atoms with E-state index in [0.29, 0.717) is 11.5 Å². The summed E-state index contributed by atoms with van der Waals surface area (Å²) in [4.78, 5) is 12.3. The van der Waals surface area contributed by atoms with E-state index in [4.69, 9.17) is 0 Å². The molecule has 1 atom stereocenters. The summed E-state index contributed by atoms with van der Waals surface area (Å²) < 4.78 is 12.9. The number of rotatable bonds is 5. The minimum absolute atomic E-state index is 0.0382. The molecule has 0 heterocycles. The fraction of sp³-hybridized carbons (Fsp3) is 0.278. The summed E-state index contributed by atoms with van der Waals surface area (Å²) in [5.41, 5.74) is 1.56. The molecule has 0 aromatic heterocycles. The molecule has 1 N–H and O–H groups in total. The monoisotopic (exact) mass is 285 g/mol. The van der Waals surface area contributed by atoms with Crippen LogP contribution in [-0.2, 0) is 0 Å². The number of carbonyl (C=O) groups excluding carboxylic acids is 1. The van der Waals surface area contributed by atoms with E-state index >= 15 is 0 Å². The van der Waals surface area contributed by atoms with E-state index in [1.165, 1.54) is 24.3 Å². The largest absolute Gasteiger partial charge is 0.345 e. The van der Waals surface area contributed by atoms with Crippen molar-refractivity contribution >= 4 is 5.91 Å². The molecule has 2 nitrogen and oxygen atoms in total. The van der Waals surface area contributed by atoms with Crippen molar-refractivity contribution in [1.29, 1.82) is 0 Å². The molecule has 0 spiro atoms. The highest BCUT2D eigenvalue weighted by Gasteiger charge is 2.16. The van der Waals surface area contributed by atoms with E-state index in [2.05, 4.69) is 19.2 Å². The lowest BCUT2D eigenvalue weighted by atomic mass is 9.96. The Hall–Kier alpha value is -2.16. The van der Waals surface area contributed by atoms with Crippen LogP contribution in [0.1, 0.15) is 42.2 Å². The molecule has 0 aliphatic heterocycles. The highest BCUT2D eigenvalue weighted by atomic mass is 19.1. The maximum atomic E-state index is 12.9. The van der Waals surface area contributed by atoms with Gasteiger partial charge >= 0.3 is 0 Å². The summed E-state index contributed by atoms with van der Waals surface area (Å²) in [5.74, 6) is -0.0541. The third kappa shape index (κ3) is 4.42. The molecule has 0 bridgehead atoms. The van der Waals surface area contributed by atoms with E-state index in [9.17, 15) is 9.18 Å². The quantitative estimate of drug-likeness (QED) is 0.869. The zero-order chi connectivity index (χ0) is 15.2. The lowest BCUT2D eigenvalue weighted by molar-refractivity contribution is 0.0932. The molecule has 0 fully saturated rings. The third-order valence-electron chi connectivity index (χ3n) is 3.32. The molecule has 21 heavy (non-hydrogen) atoms. The topological polar surface area (TPSA) is 29.1 Å². The van der Waals surface area contributed by atoms with Gasteiger partial charge in [-0.05, 0) is 42.2 Å². The number of halogens is 1. The fourth-order valence-electron chi connectivity index (χ4n) is 2.28. The van der Waals surface area contributed by atoms with Gasteiger partial charge in [0.1, 0.15) is 5.82 Å². The Morgan fingerprint density at radius 1 is 1.05 bits per heavy atom. The summed E-state index contributed by atoms with van der Waals surface area (Å²) in [5, 5.41) is 3.04. The van der Waals surface area contributed by atoms with Crippen LogP contribution in [0, 0.1) is 11.7 Å². The third-order valence-corrected chi connectivity index (χ3v) is 3.32. The Kier molecular flexibility index (Phi) is 5.09. The molecular formula is C18H20FNO. The van der Waals surface area contributed by atoms with E-state index in [-0.39, 0.29) is 17.8 Å². The van der Waals surface area contributed by atoms with Crippen molar-refractivity contribution in [2.45, 2.75) is 26.3 Å². The maximum absolute atomic E-state index is 12.9. The van der Waals surface area contributed by atoms with Crippen molar-refractivity contribution in [1.82, 2.24) is 5.32 Å². The molecule has 110 valence electrons. The van der Waals surface area contributed by atoms with Crippen molar-refractivity contribution in [2.24, 2.45) is 5.92 Å². The van der Waals surface area contributed by atoms with Crippen LogP contribution in [0.25, 0.3) is 0 Å². The summed E-state index contributed by atoms with van der Waals surface area (Å²) in [7, 11) is 0. The zero-order valence-corrected chi connectivity index (χ0v) is 12.3. The van der Waals surface area contributed by atoms with Crippen LogP contribution in [-0.4, -0.2) is 5.91 Å². The number of benzene rings is 2. The van der Waals surface area contributed by atoms with Gasteiger partial charge in [0, 0.05) is 5.56 Å². The Morgan fingerprint density at radius 2 is 1.67 bits per heavy atom. The Balaban J connectivity index is 2.15. The molecule has 0 saturated carbocycles. The zero-order valence-electron chi connectivity index (χ0n) is 12.3. The van der Waals surface area contributed by atoms with Crippen LogP contribution in [0.2, 0.25) is 0 Å². The molecule has 0 aliphatic rings. The van der Waals surface area contributed by atoms with Crippen molar-refractivity contribution < 1.29 is 9.18 Å². The second-order valence-electron chi connectivity index (χ2n) is 5.57. The van der Waals surface area contributed by atoms with Crippen molar-refractivity contribution in [2.75, 3.05) is 0 Å². The lowest BCUT2D eigenvalue weighted by Crippen LogP contribution is -2.29. The number of hydrogen-bond acceptors (Lipinski definition) is 1. The SMILES string of the molecule is CC(C)C[C@H](NC(=O)c1ccc(F)cc1)c1ccccc1. The van der Waals surface area contributed by atoms with Crippen LogP contribution in [0.15, 0.2) is 54.6 Å². The molecule has 0 aliphatic carbocycles. The number of nitrogens with one attached hydrogen (secondary N) is 1. The van der Waals surface area contributed by atoms with Gasteiger partial charge in [0.05, 0.1) is 6.04 Å². The van der Waals surface area contributed by atoms with Crippen LogP contribution in [0.3, 0.4) is 0 Å². The second kappa shape index (κ2) is 7.02. The highest BCUT2D eigenvalue weighted by molar-refractivity contribution is 5.94. The van der Waals surface area contributed by atoms with E-state index in [0.717, 1.165) is 12.0 Å². The maximum Gasteiger partial charge on any atom is 0.251 e. The van der Waals surface area contributed by atoms with E-state index in [1.54, 1.807) is 0 Å². The predicted molar refractivity (Wildman–Crippen MR) is 82.5 cm³/mol. The number of carbonyl (C=O) groups is 1.